The molecule has 0 amide bonds. The van der Waals surface area contributed by atoms with Crippen LogP contribution in [-0.4, -0.2) is 37.7 Å². The molecule has 1 aliphatic rings. The van der Waals surface area contributed by atoms with E-state index in [1.807, 2.05) is 18.2 Å². The van der Waals surface area contributed by atoms with Crippen molar-refractivity contribution in [2.45, 2.75) is 12.8 Å². The van der Waals surface area contributed by atoms with E-state index in [1.165, 1.54) is 23.1 Å². The normalized spacial score (nSPS) is 15.9. The number of ether oxygens (including phenoxy) is 1. The fraction of sp³-hybridized carbons (Fsp3) is 0.368. The van der Waals surface area contributed by atoms with E-state index >= 15 is 0 Å². The van der Waals surface area contributed by atoms with Gasteiger partial charge in [-0.3, -0.25) is 4.90 Å². The topological polar surface area (TPSA) is 12.5 Å². The van der Waals surface area contributed by atoms with E-state index in [9.17, 15) is 0 Å². The van der Waals surface area contributed by atoms with Crippen LogP contribution < -0.4 is 0 Å². The average molecular weight is 316 g/mol. The second kappa shape index (κ2) is 7.77. The van der Waals surface area contributed by atoms with E-state index in [1.54, 1.807) is 0 Å². The molecule has 2 nitrogen and oxygen atoms in total. The molecule has 0 saturated carbocycles. The quantitative estimate of drug-likeness (QED) is 0.817. The standard InChI is InChI=1S/C19H22ClNO/c20-19-8-2-7-18(15-19)17-6-1-4-16(14-17)5-3-9-21-10-12-22-13-11-21/h1-2,4,6-8,14-15H,3,5,9-13H2. The molecule has 1 heterocycles. The Balaban J connectivity index is 1.59. The summed E-state index contributed by atoms with van der Waals surface area (Å²) >= 11 is 6.09. The molecule has 22 heavy (non-hydrogen) atoms. The molecule has 1 fully saturated rings. The number of hydrogen-bond acceptors (Lipinski definition) is 2. The number of halogens is 1. The van der Waals surface area contributed by atoms with Crippen LogP contribution in [0.2, 0.25) is 5.02 Å². The van der Waals surface area contributed by atoms with Gasteiger partial charge in [0.1, 0.15) is 0 Å². The Bertz CT molecular complexity index is 608. The lowest BCUT2D eigenvalue weighted by Crippen LogP contribution is -2.36. The predicted octanol–water partition coefficient (Wildman–Crippen LogP) is 4.27. The second-order valence-electron chi connectivity index (χ2n) is 5.77. The van der Waals surface area contributed by atoms with E-state index in [0.717, 1.165) is 44.3 Å². The molecule has 0 spiro atoms. The number of hydrogen-bond donors (Lipinski definition) is 0. The molecule has 0 radical (unpaired) electrons. The van der Waals surface area contributed by atoms with Crippen molar-refractivity contribution in [1.82, 2.24) is 4.90 Å². The van der Waals surface area contributed by atoms with Crippen LogP contribution in [0.25, 0.3) is 11.1 Å². The molecule has 1 saturated heterocycles. The summed E-state index contributed by atoms with van der Waals surface area (Å²) in [6.07, 6.45) is 2.31. The number of nitrogens with zero attached hydrogens (tertiary/aromatic N) is 1. The van der Waals surface area contributed by atoms with Crippen molar-refractivity contribution < 1.29 is 4.74 Å². The lowest BCUT2D eigenvalue weighted by molar-refractivity contribution is 0.0375. The minimum Gasteiger partial charge on any atom is -0.379 e. The molecule has 0 atom stereocenters. The van der Waals surface area contributed by atoms with Gasteiger partial charge in [-0.2, -0.15) is 0 Å². The summed E-state index contributed by atoms with van der Waals surface area (Å²) in [5, 5.41) is 0.787. The Labute approximate surface area is 137 Å². The number of benzene rings is 2. The molecule has 3 rings (SSSR count). The Morgan fingerprint density at radius 2 is 1.68 bits per heavy atom. The van der Waals surface area contributed by atoms with Crippen LogP contribution in [0, 0.1) is 0 Å². The van der Waals surface area contributed by atoms with Gasteiger partial charge < -0.3 is 4.74 Å². The predicted molar refractivity (Wildman–Crippen MR) is 92.5 cm³/mol. The van der Waals surface area contributed by atoms with E-state index in [-0.39, 0.29) is 0 Å². The van der Waals surface area contributed by atoms with E-state index in [2.05, 4.69) is 35.2 Å². The summed E-state index contributed by atoms with van der Waals surface area (Å²) in [6.45, 7) is 5.06. The van der Waals surface area contributed by atoms with Gasteiger partial charge in [0, 0.05) is 18.1 Å². The largest absolute Gasteiger partial charge is 0.379 e. The maximum atomic E-state index is 6.09. The number of aryl methyl sites for hydroxylation is 1. The lowest BCUT2D eigenvalue weighted by atomic mass is 10.0. The molecular formula is C19H22ClNO. The SMILES string of the molecule is Clc1cccc(-c2cccc(CCCN3CCOCC3)c2)c1. The molecule has 2 aromatic carbocycles. The highest BCUT2D eigenvalue weighted by Gasteiger charge is 2.09. The van der Waals surface area contributed by atoms with Crippen molar-refractivity contribution in [1.29, 1.82) is 0 Å². The highest BCUT2D eigenvalue weighted by molar-refractivity contribution is 6.30. The first-order valence-electron chi connectivity index (χ1n) is 7.96. The van der Waals surface area contributed by atoms with Gasteiger partial charge in [0.25, 0.3) is 0 Å². The van der Waals surface area contributed by atoms with Gasteiger partial charge in [-0.1, -0.05) is 48.0 Å². The van der Waals surface area contributed by atoms with Crippen LogP contribution in [0.4, 0.5) is 0 Å². The summed E-state index contributed by atoms with van der Waals surface area (Å²) in [5.41, 5.74) is 3.82. The van der Waals surface area contributed by atoms with E-state index in [4.69, 9.17) is 16.3 Å². The zero-order chi connectivity index (χ0) is 15.2. The third-order valence-corrected chi connectivity index (χ3v) is 4.36. The summed E-state index contributed by atoms with van der Waals surface area (Å²) in [4.78, 5) is 2.49. The first kappa shape index (κ1) is 15.5. The molecule has 116 valence electrons. The van der Waals surface area contributed by atoms with E-state index < -0.39 is 0 Å². The molecular weight excluding hydrogens is 294 g/mol. The monoisotopic (exact) mass is 315 g/mol. The Morgan fingerprint density at radius 3 is 2.45 bits per heavy atom. The maximum absolute atomic E-state index is 6.09. The van der Waals surface area contributed by atoms with Crippen LogP contribution in [0.5, 0.6) is 0 Å². The lowest BCUT2D eigenvalue weighted by Gasteiger charge is -2.26. The molecule has 0 N–H and O–H groups in total. The first-order chi connectivity index (χ1) is 10.8. The van der Waals surface area contributed by atoms with E-state index in [0.29, 0.717) is 0 Å². The Hall–Kier alpha value is -1.35. The fourth-order valence-electron chi connectivity index (χ4n) is 2.91. The minimum absolute atomic E-state index is 0.787. The van der Waals surface area contributed by atoms with Gasteiger partial charge in [0.2, 0.25) is 0 Å². The van der Waals surface area contributed by atoms with Crippen LogP contribution >= 0.6 is 11.6 Å². The summed E-state index contributed by atoms with van der Waals surface area (Å²) in [6, 6.07) is 16.8. The molecule has 0 bridgehead atoms. The summed E-state index contributed by atoms with van der Waals surface area (Å²) in [7, 11) is 0. The first-order valence-corrected chi connectivity index (χ1v) is 8.34. The zero-order valence-corrected chi connectivity index (χ0v) is 13.6. The zero-order valence-electron chi connectivity index (χ0n) is 12.8. The summed E-state index contributed by atoms with van der Waals surface area (Å²) < 4.78 is 5.39. The van der Waals surface area contributed by atoms with Crippen molar-refractivity contribution in [3.63, 3.8) is 0 Å². The van der Waals surface area contributed by atoms with Gasteiger partial charge in [0.05, 0.1) is 13.2 Å². The van der Waals surface area contributed by atoms with Crippen LogP contribution in [0.1, 0.15) is 12.0 Å². The number of rotatable bonds is 5. The van der Waals surface area contributed by atoms with Crippen molar-refractivity contribution in [2.24, 2.45) is 0 Å². The van der Waals surface area contributed by atoms with Gasteiger partial charge >= 0.3 is 0 Å². The van der Waals surface area contributed by atoms with Crippen LogP contribution in [0.15, 0.2) is 48.5 Å². The maximum Gasteiger partial charge on any atom is 0.0594 e. The Kier molecular flexibility index (Phi) is 5.49. The highest BCUT2D eigenvalue weighted by Crippen LogP contribution is 2.24. The highest BCUT2D eigenvalue weighted by atomic mass is 35.5. The second-order valence-corrected chi connectivity index (χ2v) is 6.20. The molecule has 0 aliphatic carbocycles. The van der Waals surface area contributed by atoms with Crippen LogP contribution in [-0.2, 0) is 11.2 Å². The van der Waals surface area contributed by atoms with Crippen molar-refractivity contribution in [3.05, 3.63) is 59.1 Å². The van der Waals surface area contributed by atoms with Gasteiger partial charge in [-0.25, -0.2) is 0 Å². The van der Waals surface area contributed by atoms with Crippen molar-refractivity contribution >= 4 is 11.6 Å². The van der Waals surface area contributed by atoms with Gasteiger partial charge in [0.15, 0.2) is 0 Å². The molecule has 2 aromatic rings. The van der Waals surface area contributed by atoms with Crippen molar-refractivity contribution in [2.75, 3.05) is 32.8 Å². The van der Waals surface area contributed by atoms with Crippen LogP contribution in [0.3, 0.4) is 0 Å². The fourth-order valence-corrected chi connectivity index (χ4v) is 3.10. The van der Waals surface area contributed by atoms with Gasteiger partial charge in [-0.15, -0.1) is 0 Å². The minimum atomic E-state index is 0.787. The smallest absolute Gasteiger partial charge is 0.0594 e. The molecule has 1 aliphatic heterocycles. The van der Waals surface area contributed by atoms with Gasteiger partial charge in [-0.05, 0) is 48.2 Å². The molecule has 3 heteroatoms. The third kappa shape index (κ3) is 4.33. The average Bonchev–Trinajstić information content (AvgIpc) is 2.56. The summed E-state index contributed by atoms with van der Waals surface area (Å²) in [5.74, 6) is 0. The molecule has 0 unspecified atom stereocenters. The molecule has 0 aromatic heterocycles. The third-order valence-electron chi connectivity index (χ3n) is 4.13. The number of morpholine rings is 1. The Morgan fingerprint density at radius 1 is 0.955 bits per heavy atom. The van der Waals surface area contributed by atoms with Crippen molar-refractivity contribution in [3.8, 4) is 11.1 Å².